The van der Waals surface area contributed by atoms with E-state index in [1.54, 1.807) is 0 Å². The molecule has 68 valence electrons. The molecule has 1 fully saturated rings. The zero-order valence-electron chi connectivity index (χ0n) is 7.74. The number of aliphatic hydroxyl groups excluding tert-OH is 1. The number of carbonyl (C=O) groups excluding carboxylic acids is 1. The first-order chi connectivity index (χ1) is 5.57. The molecule has 0 aromatic rings. The topological polar surface area (TPSA) is 40.5 Å². The van der Waals surface area contributed by atoms with Crippen LogP contribution in [-0.4, -0.2) is 35.4 Å². The number of hydrogen-bond acceptors (Lipinski definition) is 3. The van der Waals surface area contributed by atoms with Crippen molar-refractivity contribution in [2.45, 2.75) is 19.9 Å². The van der Waals surface area contributed by atoms with Crippen LogP contribution < -0.4 is 0 Å². The van der Waals surface area contributed by atoms with Crippen LogP contribution in [-0.2, 0) is 4.79 Å². The van der Waals surface area contributed by atoms with E-state index in [1.165, 1.54) is 0 Å². The van der Waals surface area contributed by atoms with Crippen molar-refractivity contribution in [1.29, 1.82) is 0 Å². The first-order valence-corrected chi connectivity index (χ1v) is 4.16. The number of Topliss-reactive ketones (excluding diaryl/α,β-unsaturated/α-hetero) is 1. The zero-order chi connectivity index (χ0) is 9.30. The summed E-state index contributed by atoms with van der Waals surface area (Å²) in [6.07, 6.45) is 0.944. The van der Waals surface area contributed by atoms with E-state index in [0.717, 1.165) is 12.8 Å². The largest absolute Gasteiger partial charge is 0.515 e. The van der Waals surface area contributed by atoms with Gasteiger partial charge < -0.3 is 5.11 Å². The van der Waals surface area contributed by atoms with Gasteiger partial charge >= 0.3 is 0 Å². The Bertz CT molecular complexity index is 223. The maximum Gasteiger partial charge on any atom is 0.167 e. The maximum absolute atomic E-state index is 11.5. The van der Waals surface area contributed by atoms with Crippen LogP contribution in [0.4, 0.5) is 0 Å². The fourth-order valence-electron chi connectivity index (χ4n) is 1.57. The molecule has 0 aromatic carbocycles. The summed E-state index contributed by atoms with van der Waals surface area (Å²) in [6.45, 7) is 4.58. The summed E-state index contributed by atoms with van der Waals surface area (Å²) in [6, 6.07) is 0.0405. The van der Waals surface area contributed by atoms with Gasteiger partial charge in [0.25, 0.3) is 0 Å². The molecule has 0 amide bonds. The monoisotopic (exact) mass is 169 g/mol. The average Bonchev–Trinajstić information content (AvgIpc) is 2.02. The second-order valence-electron chi connectivity index (χ2n) is 3.47. The minimum absolute atomic E-state index is 0.00426. The lowest BCUT2D eigenvalue weighted by Gasteiger charge is -2.34. The Balaban J connectivity index is 2.89. The smallest absolute Gasteiger partial charge is 0.167 e. The molecular formula is C9H15NO2. The molecule has 1 heterocycles. The van der Waals surface area contributed by atoms with Crippen LogP contribution in [0, 0.1) is 5.92 Å². The molecular weight excluding hydrogens is 154 g/mol. The van der Waals surface area contributed by atoms with Gasteiger partial charge in [-0.15, -0.1) is 0 Å². The standard InChI is InChI=1S/C9H15NO2/c1-6-4-10(3)7(2)8(5-11)9(6)12/h5-7,11H,4H2,1-3H3. The van der Waals surface area contributed by atoms with Gasteiger partial charge in [0.1, 0.15) is 0 Å². The molecule has 12 heavy (non-hydrogen) atoms. The molecule has 0 radical (unpaired) electrons. The first kappa shape index (κ1) is 9.26. The summed E-state index contributed by atoms with van der Waals surface area (Å²) >= 11 is 0. The van der Waals surface area contributed by atoms with Gasteiger partial charge in [0.2, 0.25) is 0 Å². The summed E-state index contributed by atoms with van der Waals surface area (Å²) in [5.41, 5.74) is 0.524. The number of ketones is 1. The lowest BCUT2D eigenvalue weighted by molar-refractivity contribution is -0.121. The molecule has 1 aliphatic heterocycles. The molecule has 0 saturated carbocycles. The summed E-state index contributed by atoms with van der Waals surface area (Å²) in [7, 11) is 1.96. The van der Waals surface area contributed by atoms with E-state index in [9.17, 15) is 4.79 Å². The average molecular weight is 169 g/mol. The van der Waals surface area contributed by atoms with Crippen molar-refractivity contribution in [3.05, 3.63) is 11.8 Å². The predicted molar refractivity (Wildman–Crippen MR) is 47.0 cm³/mol. The predicted octanol–water partition coefficient (Wildman–Crippen LogP) is 0.967. The molecule has 3 heteroatoms. The Morgan fingerprint density at radius 1 is 1.58 bits per heavy atom. The number of hydrogen-bond donors (Lipinski definition) is 1. The van der Waals surface area contributed by atoms with Gasteiger partial charge in [0.05, 0.1) is 6.26 Å². The van der Waals surface area contributed by atoms with E-state index >= 15 is 0 Å². The first-order valence-electron chi connectivity index (χ1n) is 4.16. The van der Waals surface area contributed by atoms with Gasteiger partial charge in [-0.2, -0.15) is 0 Å². The van der Waals surface area contributed by atoms with E-state index in [2.05, 4.69) is 4.90 Å². The highest BCUT2D eigenvalue weighted by atomic mass is 16.2. The number of rotatable bonds is 0. The Labute approximate surface area is 72.7 Å². The summed E-state index contributed by atoms with van der Waals surface area (Å²) in [4.78, 5) is 13.5. The molecule has 0 aliphatic carbocycles. The van der Waals surface area contributed by atoms with Crippen molar-refractivity contribution < 1.29 is 9.90 Å². The van der Waals surface area contributed by atoms with Gasteiger partial charge in [-0.05, 0) is 14.0 Å². The molecule has 2 unspecified atom stereocenters. The third-order valence-electron chi connectivity index (χ3n) is 2.54. The lowest BCUT2D eigenvalue weighted by Crippen LogP contribution is -2.45. The van der Waals surface area contributed by atoms with Crippen LogP contribution in [0.1, 0.15) is 13.8 Å². The van der Waals surface area contributed by atoms with E-state index < -0.39 is 0 Å². The Hall–Kier alpha value is -0.830. The molecule has 0 bridgehead atoms. The number of likely N-dealkylation sites (tertiary alicyclic amines) is 1. The highest BCUT2D eigenvalue weighted by Crippen LogP contribution is 2.21. The highest BCUT2D eigenvalue weighted by Gasteiger charge is 2.31. The van der Waals surface area contributed by atoms with Gasteiger partial charge in [-0.3, -0.25) is 9.69 Å². The second kappa shape index (κ2) is 3.27. The number of likely N-dealkylation sites (N-methyl/N-ethyl adjacent to an activating group) is 1. The van der Waals surface area contributed by atoms with Crippen LogP contribution in [0.2, 0.25) is 0 Å². The van der Waals surface area contributed by atoms with Crippen LogP contribution in [0.3, 0.4) is 0 Å². The van der Waals surface area contributed by atoms with E-state index in [1.807, 2.05) is 20.9 Å². The van der Waals surface area contributed by atoms with E-state index in [0.29, 0.717) is 5.57 Å². The third-order valence-corrected chi connectivity index (χ3v) is 2.54. The molecule has 1 N–H and O–H groups in total. The number of piperidine rings is 1. The molecule has 0 spiro atoms. The summed E-state index contributed by atoms with van der Waals surface area (Å²) < 4.78 is 0. The minimum Gasteiger partial charge on any atom is -0.515 e. The SMILES string of the molecule is CC1CN(C)C(C)C(=CO)C1=O. The molecule has 0 aromatic heterocycles. The van der Waals surface area contributed by atoms with E-state index in [4.69, 9.17) is 5.11 Å². The molecule has 3 nitrogen and oxygen atoms in total. The van der Waals surface area contributed by atoms with Gasteiger partial charge in [0.15, 0.2) is 5.78 Å². The van der Waals surface area contributed by atoms with Crippen molar-refractivity contribution in [3.63, 3.8) is 0 Å². The number of carbonyl (C=O) groups is 1. The Morgan fingerprint density at radius 2 is 2.17 bits per heavy atom. The van der Waals surface area contributed by atoms with Crippen LogP contribution in [0.15, 0.2) is 11.8 Å². The quantitative estimate of drug-likeness (QED) is 0.434. The fourth-order valence-corrected chi connectivity index (χ4v) is 1.57. The number of aliphatic hydroxyl groups is 1. The zero-order valence-corrected chi connectivity index (χ0v) is 7.74. The molecule has 1 aliphatic rings. The van der Waals surface area contributed by atoms with Crippen LogP contribution >= 0.6 is 0 Å². The van der Waals surface area contributed by atoms with Crippen molar-refractivity contribution in [1.82, 2.24) is 4.90 Å². The van der Waals surface area contributed by atoms with Gasteiger partial charge in [0, 0.05) is 24.1 Å². The number of nitrogens with zero attached hydrogens (tertiary/aromatic N) is 1. The molecule has 2 atom stereocenters. The maximum atomic E-state index is 11.5. The Morgan fingerprint density at radius 3 is 2.67 bits per heavy atom. The molecule has 1 saturated heterocycles. The van der Waals surface area contributed by atoms with Crippen molar-refractivity contribution in [3.8, 4) is 0 Å². The lowest BCUT2D eigenvalue weighted by atomic mass is 9.90. The second-order valence-corrected chi connectivity index (χ2v) is 3.47. The molecule has 1 rings (SSSR count). The highest BCUT2D eigenvalue weighted by molar-refractivity contribution is 5.98. The third kappa shape index (κ3) is 1.37. The summed E-state index contributed by atoms with van der Waals surface area (Å²) in [5, 5.41) is 8.86. The van der Waals surface area contributed by atoms with E-state index in [-0.39, 0.29) is 17.7 Å². The van der Waals surface area contributed by atoms with Crippen LogP contribution in [0.25, 0.3) is 0 Å². The summed E-state index contributed by atoms with van der Waals surface area (Å²) in [5.74, 6) is 0.0766. The fraction of sp³-hybridized carbons (Fsp3) is 0.667. The van der Waals surface area contributed by atoms with Crippen molar-refractivity contribution in [2.75, 3.05) is 13.6 Å². The Kier molecular flexibility index (Phi) is 2.52. The van der Waals surface area contributed by atoms with Gasteiger partial charge in [-0.1, -0.05) is 6.92 Å². The minimum atomic E-state index is 0.00426. The van der Waals surface area contributed by atoms with Crippen molar-refractivity contribution in [2.24, 2.45) is 5.92 Å². The van der Waals surface area contributed by atoms with Crippen LogP contribution in [0.5, 0.6) is 0 Å². The normalized spacial score (nSPS) is 35.9. The van der Waals surface area contributed by atoms with Crippen molar-refractivity contribution >= 4 is 5.78 Å². The van der Waals surface area contributed by atoms with Gasteiger partial charge in [-0.25, -0.2) is 0 Å².